The molecule has 0 bridgehead atoms. The number of rotatable bonds is 3. The topological polar surface area (TPSA) is 69.6 Å². The van der Waals surface area contributed by atoms with Crippen LogP contribution in [0.4, 0.5) is 4.79 Å². The number of fused-ring (bicyclic) bond motifs is 1. The summed E-state index contributed by atoms with van der Waals surface area (Å²) in [6.45, 7) is 2.87. The minimum Gasteiger partial charge on any atom is -0.480 e. The molecule has 5 nitrogen and oxygen atoms in total. The van der Waals surface area contributed by atoms with Crippen molar-refractivity contribution in [3.63, 3.8) is 0 Å². The molecule has 1 atom stereocenters. The van der Waals surface area contributed by atoms with E-state index in [9.17, 15) is 14.7 Å². The van der Waals surface area contributed by atoms with Crippen LogP contribution in [0.2, 0.25) is 0 Å². The predicted octanol–water partition coefficient (Wildman–Crippen LogP) is 1.62. The quantitative estimate of drug-likeness (QED) is 0.869. The number of benzene rings is 1. The zero-order valence-corrected chi connectivity index (χ0v) is 10.9. The normalized spacial score (nSPS) is 17.7. The minimum atomic E-state index is -0.957. The highest BCUT2D eigenvalue weighted by Gasteiger charge is 2.34. The first-order valence-corrected chi connectivity index (χ1v) is 6.47. The molecular weight excluding hydrogens is 244 g/mol. The van der Waals surface area contributed by atoms with E-state index < -0.39 is 12.0 Å². The van der Waals surface area contributed by atoms with Gasteiger partial charge in [-0.05, 0) is 17.5 Å². The Balaban J connectivity index is 2.21. The molecule has 1 heterocycles. The van der Waals surface area contributed by atoms with Gasteiger partial charge in [-0.3, -0.25) is 0 Å². The van der Waals surface area contributed by atoms with E-state index in [-0.39, 0.29) is 6.03 Å². The lowest BCUT2D eigenvalue weighted by molar-refractivity contribution is -0.142. The molecule has 2 rings (SSSR count). The molecule has 102 valence electrons. The number of carboxylic acids is 1. The Kier molecular flexibility index (Phi) is 4.04. The van der Waals surface area contributed by atoms with Crippen LogP contribution in [-0.4, -0.2) is 34.6 Å². The molecule has 19 heavy (non-hydrogen) atoms. The molecule has 0 aromatic heterocycles. The van der Waals surface area contributed by atoms with E-state index in [1.165, 1.54) is 4.90 Å². The van der Waals surface area contributed by atoms with Gasteiger partial charge in [0.05, 0.1) is 0 Å². The highest BCUT2D eigenvalue weighted by Crippen LogP contribution is 2.23. The standard InChI is InChI=1S/C14H18N2O3/c1-2-7-15-14(19)16-9-11-6-4-3-5-10(11)8-12(16)13(17)18/h3-6,12H,2,7-9H2,1H3,(H,15,19)(H,17,18)/t12-/m1/s1. The summed E-state index contributed by atoms with van der Waals surface area (Å²) in [5, 5.41) is 12.0. The lowest BCUT2D eigenvalue weighted by Gasteiger charge is -2.34. The van der Waals surface area contributed by atoms with Gasteiger partial charge in [-0.15, -0.1) is 0 Å². The minimum absolute atomic E-state index is 0.302. The highest BCUT2D eigenvalue weighted by molar-refractivity contribution is 5.83. The Morgan fingerprint density at radius 1 is 1.37 bits per heavy atom. The number of nitrogens with one attached hydrogen (secondary N) is 1. The molecule has 1 aliphatic rings. The fourth-order valence-electron chi connectivity index (χ4n) is 2.29. The Morgan fingerprint density at radius 2 is 2.05 bits per heavy atom. The van der Waals surface area contributed by atoms with Crippen LogP contribution >= 0.6 is 0 Å². The molecule has 0 unspecified atom stereocenters. The average Bonchev–Trinajstić information content (AvgIpc) is 2.43. The molecule has 1 aromatic rings. The molecule has 0 saturated heterocycles. The molecule has 2 amide bonds. The Labute approximate surface area is 112 Å². The monoisotopic (exact) mass is 262 g/mol. The van der Waals surface area contributed by atoms with E-state index in [4.69, 9.17) is 0 Å². The molecule has 0 fully saturated rings. The van der Waals surface area contributed by atoms with Gasteiger partial charge in [0.1, 0.15) is 6.04 Å². The van der Waals surface area contributed by atoms with Gasteiger partial charge in [0.25, 0.3) is 0 Å². The lowest BCUT2D eigenvalue weighted by atomic mass is 9.94. The maximum Gasteiger partial charge on any atom is 0.326 e. The summed E-state index contributed by atoms with van der Waals surface area (Å²) in [5.41, 5.74) is 2.03. The van der Waals surface area contributed by atoms with E-state index in [1.54, 1.807) is 0 Å². The van der Waals surface area contributed by atoms with Crippen molar-refractivity contribution < 1.29 is 14.7 Å². The number of hydrogen-bond donors (Lipinski definition) is 2. The average molecular weight is 262 g/mol. The van der Waals surface area contributed by atoms with Crippen LogP contribution in [-0.2, 0) is 17.8 Å². The van der Waals surface area contributed by atoms with Gasteiger partial charge in [0.2, 0.25) is 0 Å². The summed E-state index contributed by atoms with van der Waals surface area (Å²) >= 11 is 0. The number of hydrogen-bond acceptors (Lipinski definition) is 2. The van der Waals surface area contributed by atoms with Gasteiger partial charge < -0.3 is 15.3 Å². The summed E-state index contributed by atoms with van der Waals surface area (Å²) in [4.78, 5) is 24.8. The van der Waals surface area contributed by atoms with Gasteiger partial charge in [-0.2, -0.15) is 0 Å². The van der Waals surface area contributed by atoms with Crippen molar-refractivity contribution in [2.45, 2.75) is 32.4 Å². The smallest absolute Gasteiger partial charge is 0.326 e. The first-order chi connectivity index (χ1) is 9.13. The van der Waals surface area contributed by atoms with Crippen molar-refractivity contribution in [1.82, 2.24) is 10.2 Å². The van der Waals surface area contributed by atoms with E-state index in [0.717, 1.165) is 17.5 Å². The summed E-state index contributed by atoms with van der Waals surface area (Å²) < 4.78 is 0. The van der Waals surface area contributed by atoms with Gasteiger partial charge in [0, 0.05) is 19.5 Å². The molecular formula is C14H18N2O3. The molecule has 0 radical (unpaired) electrons. The van der Waals surface area contributed by atoms with Crippen LogP contribution in [0, 0.1) is 0 Å². The zero-order valence-electron chi connectivity index (χ0n) is 10.9. The van der Waals surface area contributed by atoms with Gasteiger partial charge in [-0.1, -0.05) is 31.2 Å². The Hall–Kier alpha value is -2.04. The first-order valence-electron chi connectivity index (χ1n) is 6.47. The fraction of sp³-hybridized carbons (Fsp3) is 0.429. The number of carbonyl (C=O) groups is 2. The van der Waals surface area contributed by atoms with E-state index in [0.29, 0.717) is 19.5 Å². The zero-order chi connectivity index (χ0) is 13.8. The number of carboxylic acid groups (broad SMARTS) is 1. The summed E-state index contributed by atoms with van der Waals surface area (Å²) in [7, 11) is 0. The number of carbonyl (C=O) groups excluding carboxylic acids is 1. The fourth-order valence-corrected chi connectivity index (χ4v) is 2.29. The number of nitrogens with zero attached hydrogens (tertiary/aromatic N) is 1. The van der Waals surface area contributed by atoms with Crippen LogP contribution in [0.3, 0.4) is 0 Å². The lowest BCUT2D eigenvalue weighted by Crippen LogP contribution is -2.52. The van der Waals surface area contributed by atoms with E-state index in [1.807, 2.05) is 31.2 Å². The van der Waals surface area contributed by atoms with Gasteiger partial charge >= 0.3 is 12.0 Å². The van der Waals surface area contributed by atoms with Crippen molar-refractivity contribution >= 4 is 12.0 Å². The van der Waals surface area contributed by atoms with Crippen molar-refractivity contribution in [1.29, 1.82) is 0 Å². The van der Waals surface area contributed by atoms with Crippen molar-refractivity contribution in [2.24, 2.45) is 0 Å². The molecule has 1 aliphatic heterocycles. The second-order valence-corrected chi connectivity index (χ2v) is 4.69. The second-order valence-electron chi connectivity index (χ2n) is 4.69. The van der Waals surface area contributed by atoms with Crippen LogP contribution in [0.25, 0.3) is 0 Å². The maximum absolute atomic E-state index is 12.0. The highest BCUT2D eigenvalue weighted by atomic mass is 16.4. The molecule has 1 aromatic carbocycles. The maximum atomic E-state index is 12.0. The molecule has 0 spiro atoms. The van der Waals surface area contributed by atoms with Crippen LogP contribution in [0.1, 0.15) is 24.5 Å². The van der Waals surface area contributed by atoms with E-state index in [2.05, 4.69) is 5.32 Å². The number of amides is 2. The Bertz CT molecular complexity index is 487. The summed E-state index contributed by atoms with van der Waals surface area (Å²) in [6.07, 6.45) is 1.19. The number of aliphatic carboxylic acids is 1. The van der Waals surface area contributed by atoms with Crippen molar-refractivity contribution in [3.8, 4) is 0 Å². The van der Waals surface area contributed by atoms with Crippen molar-refractivity contribution in [3.05, 3.63) is 35.4 Å². The second kappa shape index (κ2) is 5.73. The third-order valence-electron chi connectivity index (χ3n) is 3.32. The molecule has 0 saturated carbocycles. The molecule has 2 N–H and O–H groups in total. The van der Waals surface area contributed by atoms with Crippen LogP contribution in [0.5, 0.6) is 0 Å². The Morgan fingerprint density at radius 3 is 2.68 bits per heavy atom. The third kappa shape index (κ3) is 2.86. The van der Waals surface area contributed by atoms with Crippen LogP contribution in [0.15, 0.2) is 24.3 Å². The summed E-state index contributed by atoms with van der Waals surface area (Å²) in [6, 6.07) is 6.57. The van der Waals surface area contributed by atoms with Crippen molar-refractivity contribution in [2.75, 3.05) is 6.54 Å². The first kappa shape index (κ1) is 13.4. The largest absolute Gasteiger partial charge is 0.480 e. The van der Waals surface area contributed by atoms with Crippen LogP contribution < -0.4 is 5.32 Å². The van der Waals surface area contributed by atoms with Gasteiger partial charge in [0.15, 0.2) is 0 Å². The summed E-state index contributed by atoms with van der Waals surface area (Å²) in [5.74, 6) is -0.957. The van der Waals surface area contributed by atoms with E-state index >= 15 is 0 Å². The number of urea groups is 1. The predicted molar refractivity (Wildman–Crippen MR) is 70.8 cm³/mol. The molecule has 0 aliphatic carbocycles. The third-order valence-corrected chi connectivity index (χ3v) is 3.32. The molecule has 5 heteroatoms. The SMILES string of the molecule is CCCNC(=O)N1Cc2ccccc2C[C@@H]1C(=O)O. The van der Waals surface area contributed by atoms with Gasteiger partial charge in [-0.25, -0.2) is 9.59 Å².